The van der Waals surface area contributed by atoms with Gasteiger partial charge in [-0.3, -0.25) is 5.32 Å². The predicted octanol–water partition coefficient (Wildman–Crippen LogP) is 1.19. The van der Waals surface area contributed by atoms with E-state index in [4.69, 9.17) is 11.6 Å². The van der Waals surface area contributed by atoms with Crippen LogP contribution < -0.4 is 10.2 Å². The van der Waals surface area contributed by atoms with Crippen molar-refractivity contribution in [2.24, 2.45) is 0 Å². The van der Waals surface area contributed by atoms with Gasteiger partial charge in [0.2, 0.25) is 0 Å². The average Bonchev–Trinajstić information content (AvgIpc) is 2.28. The van der Waals surface area contributed by atoms with Crippen molar-refractivity contribution in [3.8, 4) is 0 Å². The maximum absolute atomic E-state index is 11.1. The Kier molecular flexibility index (Phi) is 1.56. The largest absolute Gasteiger partial charge is 0.398 e. The molecule has 2 rings (SSSR count). The molecule has 1 atom stereocenters. The second-order valence-corrected chi connectivity index (χ2v) is 3.06. The molecule has 4 heteroatoms. The van der Waals surface area contributed by atoms with Crippen molar-refractivity contribution >= 4 is 29.0 Å². The summed E-state index contributed by atoms with van der Waals surface area (Å²) < 4.78 is 0. The first-order valence-corrected chi connectivity index (χ1v) is 3.86. The summed E-state index contributed by atoms with van der Waals surface area (Å²) in [5.74, 6) is 0. The van der Waals surface area contributed by atoms with Gasteiger partial charge in [0.15, 0.2) is 0 Å². The van der Waals surface area contributed by atoms with Crippen LogP contribution in [0.5, 0.6) is 0 Å². The number of carbonyl (C=O) groups excluding carboxylic acids is 1. The monoisotopic (exact) mass is 182 g/mol. The van der Waals surface area contributed by atoms with Crippen LogP contribution >= 0.6 is 11.6 Å². The van der Waals surface area contributed by atoms with Crippen LogP contribution in [-0.2, 0) is 0 Å². The molecule has 0 aliphatic carbocycles. The van der Waals surface area contributed by atoms with E-state index < -0.39 is 0 Å². The molecule has 0 aromatic heterocycles. The third-order valence-corrected chi connectivity index (χ3v) is 2.06. The lowest BCUT2D eigenvalue weighted by atomic mass is 10.3. The standard InChI is InChI=1S/C8H7ClN2O/c1-11-7-3-2-5(9)4-6(7)10-8(11)12/h2-4,11H,1H2,(H,10,12). The highest BCUT2D eigenvalue weighted by Gasteiger charge is 2.25. The molecule has 62 valence electrons. The van der Waals surface area contributed by atoms with Crippen LogP contribution in [0.25, 0.3) is 0 Å². The van der Waals surface area contributed by atoms with Crippen LogP contribution in [0, 0.1) is 7.05 Å². The van der Waals surface area contributed by atoms with Gasteiger partial charge in [-0.1, -0.05) is 11.6 Å². The fourth-order valence-corrected chi connectivity index (χ4v) is 1.38. The Labute approximate surface area is 74.9 Å². The number of amides is 2. The van der Waals surface area contributed by atoms with Crippen molar-refractivity contribution in [2.45, 2.75) is 0 Å². The number of fused-ring (bicyclic) bond motifs is 1. The van der Waals surface area contributed by atoms with Crippen LogP contribution in [0.3, 0.4) is 0 Å². The Morgan fingerprint density at radius 3 is 3.00 bits per heavy atom. The van der Waals surface area contributed by atoms with Gasteiger partial charge in [-0.25, -0.2) is 4.79 Å². The second-order valence-electron chi connectivity index (χ2n) is 2.62. The molecule has 0 fully saturated rings. The lowest BCUT2D eigenvalue weighted by Crippen LogP contribution is -3.03. The van der Waals surface area contributed by atoms with E-state index in [0.29, 0.717) is 9.92 Å². The van der Waals surface area contributed by atoms with Crippen LogP contribution in [0.1, 0.15) is 0 Å². The number of anilines is 1. The minimum atomic E-state index is -0.146. The molecule has 1 aliphatic heterocycles. The highest BCUT2D eigenvalue weighted by Crippen LogP contribution is 2.25. The fourth-order valence-electron chi connectivity index (χ4n) is 1.20. The van der Waals surface area contributed by atoms with Crippen LogP contribution in [-0.4, -0.2) is 6.03 Å². The molecule has 0 spiro atoms. The van der Waals surface area contributed by atoms with Crippen LogP contribution in [0.4, 0.5) is 16.2 Å². The van der Waals surface area contributed by atoms with E-state index in [-0.39, 0.29) is 6.03 Å². The van der Waals surface area contributed by atoms with Gasteiger partial charge in [-0.2, -0.15) is 0 Å². The summed E-state index contributed by atoms with van der Waals surface area (Å²) in [5, 5.41) is 3.28. The lowest BCUT2D eigenvalue weighted by Gasteiger charge is -2.07. The van der Waals surface area contributed by atoms with Crippen molar-refractivity contribution in [3.63, 3.8) is 0 Å². The number of halogens is 1. The van der Waals surface area contributed by atoms with Crippen molar-refractivity contribution < 1.29 is 9.69 Å². The van der Waals surface area contributed by atoms with Gasteiger partial charge in [0, 0.05) is 11.1 Å². The maximum Gasteiger partial charge on any atom is 0.398 e. The van der Waals surface area contributed by atoms with E-state index in [1.807, 2.05) is 0 Å². The van der Waals surface area contributed by atoms with E-state index in [1.165, 1.54) is 0 Å². The summed E-state index contributed by atoms with van der Waals surface area (Å²) in [6.45, 7) is 0. The van der Waals surface area contributed by atoms with Gasteiger partial charge < -0.3 is 4.90 Å². The van der Waals surface area contributed by atoms with Gasteiger partial charge in [-0.15, -0.1) is 7.05 Å². The number of rotatable bonds is 0. The number of benzene rings is 1. The first kappa shape index (κ1) is 7.58. The quantitative estimate of drug-likeness (QED) is 0.581. The van der Waals surface area contributed by atoms with Crippen molar-refractivity contribution in [3.05, 3.63) is 30.3 Å². The van der Waals surface area contributed by atoms with E-state index in [2.05, 4.69) is 12.4 Å². The second kappa shape index (κ2) is 2.47. The highest BCUT2D eigenvalue weighted by molar-refractivity contribution is 6.31. The Bertz CT molecular complexity index is 351. The topological polar surface area (TPSA) is 33.5 Å². The molecule has 0 bridgehead atoms. The number of quaternary nitrogens is 1. The molecule has 1 unspecified atom stereocenters. The molecule has 0 saturated heterocycles. The van der Waals surface area contributed by atoms with Gasteiger partial charge in [0.25, 0.3) is 0 Å². The molecule has 3 nitrogen and oxygen atoms in total. The van der Waals surface area contributed by atoms with E-state index in [1.54, 1.807) is 18.2 Å². The number of hydrogen-bond acceptors (Lipinski definition) is 1. The number of hydrogen-bond donors (Lipinski definition) is 2. The zero-order valence-electron chi connectivity index (χ0n) is 6.23. The zero-order valence-corrected chi connectivity index (χ0v) is 6.98. The molecule has 2 N–H and O–H groups in total. The Morgan fingerprint density at radius 2 is 2.25 bits per heavy atom. The normalized spacial score (nSPS) is 20.5. The summed E-state index contributed by atoms with van der Waals surface area (Å²) in [5.41, 5.74) is 1.59. The SMILES string of the molecule is [CH2-][NH+]1C(=O)Nc2cc(Cl)ccc21. The molecular weight excluding hydrogens is 176 g/mol. The minimum Gasteiger partial charge on any atom is -0.349 e. The summed E-state index contributed by atoms with van der Waals surface area (Å²) in [6, 6.07) is 5.10. The van der Waals surface area contributed by atoms with Crippen molar-refractivity contribution in [1.29, 1.82) is 0 Å². The Morgan fingerprint density at radius 1 is 1.50 bits per heavy atom. The maximum atomic E-state index is 11.1. The summed E-state index contributed by atoms with van der Waals surface area (Å²) in [4.78, 5) is 11.6. The van der Waals surface area contributed by atoms with Gasteiger partial charge in [0.1, 0.15) is 11.4 Å². The highest BCUT2D eigenvalue weighted by atomic mass is 35.5. The third-order valence-electron chi connectivity index (χ3n) is 1.83. The van der Waals surface area contributed by atoms with Crippen molar-refractivity contribution in [1.82, 2.24) is 0 Å². The van der Waals surface area contributed by atoms with Crippen molar-refractivity contribution in [2.75, 3.05) is 5.32 Å². The molecule has 1 aliphatic rings. The number of urea groups is 1. The molecule has 2 amide bonds. The van der Waals surface area contributed by atoms with Gasteiger partial charge >= 0.3 is 6.03 Å². The predicted molar refractivity (Wildman–Crippen MR) is 46.5 cm³/mol. The molecule has 0 radical (unpaired) electrons. The first-order valence-electron chi connectivity index (χ1n) is 3.48. The Hall–Kier alpha value is -1.06. The minimum absolute atomic E-state index is 0.146. The zero-order chi connectivity index (χ0) is 8.72. The smallest absolute Gasteiger partial charge is 0.349 e. The lowest BCUT2D eigenvalue weighted by molar-refractivity contribution is -0.679. The van der Waals surface area contributed by atoms with Gasteiger partial charge in [0.05, 0.1) is 0 Å². The fraction of sp³-hybridized carbons (Fsp3) is 0. The summed E-state index contributed by atoms with van der Waals surface area (Å²) in [7, 11) is 3.65. The molecule has 12 heavy (non-hydrogen) atoms. The van der Waals surface area contributed by atoms with Gasteiger partial charge in [-0.05, 0) is 12.1 Å². The number of carbonyl (C=O) groups is 1. The van der Waals surface area contributed by atoms with E-state index >= 15 is 0 Å². The Balaban J connectivity index is 2.54. The molecule has 1 aromatic rings. The first-order chi connectivity index (χ1) is 5.68. The van der Waals surface area contributed by atoms with E-state index in [0.717, 1.165) is 11.4 Å². The summed E-state index contributed by atoms with van der Waals surface area (Å²) >= 11 is 5.74. The summed E-state index contributed by atoms with van der Waals surface area (Å²) in [6.07, 6.45) is 0. The van der Waals surface area contributed by atoms with Crippen LogP contribution in [0.15, 0.2) is 18.2 Å². The molecule has 1 aromatic carbocycles. The average molecular weight is 183 g/mol. The van der Waals surface area contributed by atoms with Crippen LogP contribution in [0.2, 0.25) is 5.02 Å². The molecule has 0 saturated carbocycles. The third kappa shape index (κ3) is 0.983. The molecule has 1 heterocycles. The number of nitrogens with one attached hydrogen (secondary N) is 2. The molecular formula is C8H7ClN2O. The van der Waals surface area contributed by atoms with E-state index in [9.17, 15) is 4.79 Å².